The molecule has 0 amide bonds. The van der Waals surface area contributed by atoms with E-state index in [4.69, 9.17) is 10.5 Å². The number of nitrogens with two attached hydrogens (primary N) is 1. The Hall–Kier alpha value is -0.120. The zero-order valence-corrected chi connectivity index (χ0v) is 7.42. The lowest BCUT2D eigenvalue weighted by Crippen LogP contribution is -2.29. The van der Waals surface area contributed by atoms with Gasteiger partial charge in [0.05, 0.1) is 6.61 Å². The number of hydrogen-bond acceptors (Lipinski definition) is 3. The molecule has 2 atom stereocenters. The van der Waals surface area contributed by atoms with Crippen molar-refractivity contribution in [3.8, 4) is 0 Å². The summed E-state index contributed by atoms with van der Waals surface area (Å²) in [7, 11) is 1.74. The molecular weight excluding hydrogens is 140 g/mol. The molecule has 0 unspecified atom stereocenters. The second-order valence-corrected chi connectivity index (χ2v) is 3.39. The molecule has 1 aliphatic rings. The maximum atomic E-state index is 5.86. The van der Waals surface area contributed by atoms with Gasteiger partial charge >= 0.3 is 0 Å². The normalized spacial score (nSPS) is 33.0. The first kappa shape index (κ1) is 8.97. The molecule has 0 bridgehead atoms. The third-order valence-corrected chi connectivity index (χ3v) is 2.36. The van der Waals surface area contributed by atoms with Gasteiger partial charge in [-0.15, -0.1) is 0 Å². The minimum absolute atomic E-state index is 0.367. The molecule has 0 aromatic rings. The van der Waals surface area contributed by atoms with E-state index < -0.39 is 0 Å². The number of hydrogen-bond donors (Lipinski definition) is 1. The topological polar surface area (TPSA) is 38.5 Å². The van der Waals surface area contributed by atoms with E-state index >= 15 is 0 Å². The smallest absolute Gasteiger partial charge is 0.0589 e. The molecule has 0 aliphatic carbocycles. The number of nitrogens with zero attached hydrogens (tertiary/aromatic N) is 1. The Morgan fingerprint density at radius 1 is 1.55 bits per heavy atom. The SMILES string of the molecule is COCCN1C[C@@H](C)[C@H](N)C1. The summed E-state index contributed by atoms with van der Waals surface area (Å²) >= 11 is 0. The largest absolute Gasteiger partial charge is 0.383 e. The van der Waals surface area contributed by atoms with E-state index in [-0.39, 0.29) is 0 Å². The van der Waals surface area contributed by atoms with Crippen LogP contribution in [0.1, 0.15) is 6.92 Å². The molecule has 1 saturated heterocycles. The Kier molecular flexibility index (Phi) is 3.30. The Morgan fingerprint density at radius 3 is 2.73 bits per heavy atom. The fourth-order valence-electron chi connectivity index (χ4n) is 1.50. The van der Waals surface area contributed by atoms with Crippen molar-refractivity contribution in [1.82, 2.24) is 4.90 Å². The Balaban J connectivity index is 2.18. The maximum absolute atomic E-state index is 5.86. The van der Waals surface area contributed by atoms with E-state index in [0.717, 1.165) is 26.2 Å². The lowest BCUT2D eigenvalue weighted by molar-refractivity contribution is 0.159. The van der Waals surface area contributed by atoms with Crippen LogP contribution in [0, 0.1) is 5.92 Å². The highest BCUT2D eigenvalue weighted by Gasteiger charge is 2.25. The number of likely N-dealkylation sites (tertiary alicyclic amines) is 1. The van der Waals surface area contributed by atoms with E-state index in [1.807, 2.05) is 0 Å². The summed E-state index contributed by atoms with van der Waals surface area (Å²) < 4.78 is 4.99. The molecule has 0 aromatic heterocycles. The molecule has 1 rings (SSSR count). The lowest BCUT2D eigenvalue weighted by Gasteiger charge is -2.13. The van der Waals surface area contributed by atoms with Crippen LogP contribution >= 0.6 is 0 Å². The summed E-state index contributed by atoms with van der Waals surface area (Å²) in [6.45, 7) is 6.21. The summed E-state index contributed by atoms with van der Waals surface area (Å²) in [6.07, 6.45) is 0. The van der Waals surface area contributed by atoms with Gasteiger partial charge in [0.2, 0.25) is 0 Å². The van der Waals surface area contributed by atoms with Crippen molar-refractivity contribution in [1.29, 1.82) is 0 Å². The van der Waals surface area contributed by atoms with Crippen LogP contribution in [0.5, 0.6) is 0 Å². The van der Waals surface area contributed by atoms with Crippen molar-refractivity contribution >= 4 is 0 Å². The molecule has 0 aromatic carbocycles. The van der Waals surface area contributed by atoms with Gasteiger partial charge < -0.3 is 10.5 Å². The Labute approximate surface area is 68.5 Å². The third kappa shape index (κ3) is 2.43. The Bertz CT molecular complexity index is 109. The standard InChI is InChI=1S/C8H18N2O/c1-7-5-10(3-4-11-2)6-8(7)9/h7-8H,3-6,9H2,1-2H3/t7-,8-/m1/s1. The first-order valence-corrected chi connectivity index (χ1v) is 4.21. The maximum Gasteiger partial charge on any atom is 0.0589 e. The summed E-state index contributed by atoms with van der Waals surface area (Å²) in [5.74, 6) is 0.645. The van der Waals surface area contributed by atoms with E-state index in [9.17, 15) is 0 Å². The van der Waals surface area contributed by atoms with E-state index in [1.165, 1.54) is 0 Å². The monoisotopic (exact) mass is 158 g/mol. The highest BCUT2D eigenvalue weighted by Crippen LogP contribution is 2.13. The zero-order chi connectivity index (χ0) is 8.27. The van der Waals surface area contributed by atoms with Crippen molar-refractivity contribution in [2.24, 2.45) is 11.7 Å². The minimum Gasteiger partial charge on any atom is -0.383 e. The molecule has 1 aliphatic heterocycles. The predicted molar refractivity (Wildman–Crippen MR) is 45.5 cm³/mol. The van der Waals surface area contributed by atoms with Gasteiger partial charge in [-0.2, -0.15) is 0 Å². The molecule has 2 N–H and O–H groups in total. The van der Waals surface area contributed by atoms with Gasteiger partial charge in [-0.1, -0.05) is 6.92 Å². The van der Waals surface area contributed by atoms with Crippen LogP contribution in [-0.2, 0) is 4.74 Å². The van der Waals surface area contributed by atoms with Gasteiger partial charge in [-0.05, 0) is 5.92 Å². The summed E-state index contributed by atoms with van der Waals surface area (Å²) in [5.41, 5.74) is 5.86. The van der Waals surface area contributed by atoms with Crippen LogP contribution < -0.4 is 5.73 Å². The van der Waals surface area contributed by atoms with Crippen LogP contribution in [0.2, 0.25) is 0 Å². The lowest BCUT2D eigenvalue weighted by atomic mass is 10.1. The van der Waals surface area contributed by atoms with Crippen molar-refractivity contribution in [2.75, 3.05) is 33.4 Å². The van der Waals surface area contributed by atoms with Crippen LogP contribution in [0.25, 0.3) is 0 Å². The molecule has 66 valence electrons. The van der Waals surface area contributed by atoms with Gasteiger partial charge in [-0.3, -0.25) is 4.90 Å². The second kappa shape index (κ2) is 4.04. The van der Waals surface area contributed by atoms with Gasteiger partial charge in [0.1, 0.15) is 0 Å². The molecule has 0 saturated carbocycles. The first-order chi connectivity index (χ1) is 5.24. The van der Waals surface area contributed by atoms with Crippen LogP contribution in [0.3, 0.4) is 0 Å². The summed E-state index contributed by atoms with van der Waals surface area (Å²) in [5, 5.41) is 0. The van der Waals surface area contributed by atoms with Crippen molar-refractivity contribution in [3.63, 3.8) is 0 Å². The minimum atomic E-state index is 0.367. The van der Waals surface area contributed by atoms with Gasteiger partial charge in [-0.25, -0.2) is 0 Å². The zero-order valence-electron chi connectivity index (χ0n) is 7.42. The van der Waals surface area contributed by atoms with Gasteiger partial charge in [0.15, 0.2) is 0 Å². The van der Waals surface area contributed by atoms with E-state index in [0.29, 0.717) is 12.0 Å². The highest BCUT2D eigenvalue weighted by atomic mass is 16.5. The fourth-order valence-corrected chi connectivity index (χ4v) is 1.50. The fraction of sp³-hybridized carbons (Fsp3) is 1.00. The van der Waals surface area contributed by atoms with E-state index in [1.54, 1.807) is 7.11 Å². The molecule has 0 spiro atoms. The molecule has 11 heavy (non-hydrogen) atoms. The van der Waals surface area contributed by atoms with Crippen LogP contribution in [0.4, 0.5) is 0 Å². The first-order valence-electron chi connectivity index (χ1n) is 4.21. The molecule has 3 heteroatoms. The third-order valence-electron chi connectivity index (χ3n) is 2.36. The number of rotatable bonds is 3. The molecule has 1 heterocycles. The number of methoxy groups -OCH3 is 1. The molecular formula is C8H18N2O. The van der Waals surface area contributed by atoms with Gasteiger partial charge in [0.25, 0.3) is 0 Å². The number of ether oxygens (including phenoxy) is 1. The van der Waals surface area contributed by atoms with Gasteiger partial charge in [0, 0.05) is 32.8 Å². The van der Waals surface area contributed by atoms with Crippen molar-refractivity contribution < 1.29 is 4.74 Å². The summed E-state index contributed by atoms with van der Waals surface area (Å²) in [4.78, 5) is 2.36. The quantitative estimate of drug-likeness (QED) is 0.624. The summed E-state index contributed by atoms with van der Waals surface area (Å²) in [6, 6.07) is 0.367. The van der Waals surface area contributed by atoms with Crippen LogP contribution in [0.15, 0.2) is 0 Å². The molecule has 1 fully saturated rings. The Morgan fingerprint density at radius 2 is 2.27 bits per heavy atom. The van der Waals surface area contributed by atoms with Crippen LogP contribution in [-0.4, -0.2) is 44.3 Å². The van der Waals surface area contributed by atoms with Crippen molar-refractivity contribution in [2.45, 2.75) is 13.0 Å². The van der Waals surface area contributed by atoms with Crippen molar-refractivity contribution in [3.05, 3.63) is 0 Å². The molecule has 0 radical (unpaired) electrons. The average Bonchev–Trinajstić information content (AvgIpc) is 2.28. The predicted octanol–water partition coefficient (Wildman–Crippen LogP) is -0.0882. The molecule has 3 nitrogen and oxygen atoms in total. The second-order valence-electron chi connectivity index (χ2n) is 3.39. The average molecular weight is 158 g/mol. The highest BCUT2D eigenvalue weighted by molar-refractivity contribution is 4.83. The van der Waals surface area contributed by atoms with E-state index in [2.05, 4.69) is 11.8 Å².